The van der Waals surface area contributed by atoms with E-state index in [0.29, 0.717) is 12.8 Å². The Hall–Kier alpha value is -1.13. The minimum atomic E-state index is -0.764. The predicted molar refractivity (Wildman–Crippen MR) is 106 cm³/mol. The number of aliphatic hydroxyl groups is 2. The van der Waals surface area contributed by atoms with Crippen molar-refractivity contribution in [3.63, 3.8) is 0 Å². The van der Waals surface area contributed by atoms with Crippen LogP contribution in [0.1, 0.15) is 78.6 Å². The molecule has 4 nitrogen and oxygen atoms in total. The van der Waals surface area contributed by atoms with Crippen LogP contribution in [-0.2, 0) is 4.79 Å². The monoisotopic (exact) mass is 366 g/mol. The van der Waals surface area contributed by atoms with E-state index in [2.05, 4.69) is 32.9 Å². The fraction of sp³-hybridized carbons (Fsp3) is 0.773. The maximum absolute atomic E-state index is 10.5. The summed E-state index contributed by atoms with van der Waals surface area (Å²) in [7, 11) is 0. The largest absolute Gasteiger partial charge is 0.481 e. The van der Waals surface area contributed by atoms with Crippen LogP contribution in [0.3, 0.4) is 0 Å². The van der Waals surface area contributed by atoms with Crippen molar-refractivity contribution in [3.05, 3.63) is 24.3 Å². The lowest BCUT2D eigenvalue weighted by Crippen LogP contribution is -2.20. The van der Waals surface area contributed by atoms with Crippen molar-refractivity contribution in [2.45, 2.75) is 90.8 Å². The molecule has 1 fully saturated rings. The van der Waals surface area contributed by atoms with Gasteiger partial charge >= 0.3 is 5.97 Å². The lowest BCUT2D eigenvalue weighted by atomic mass is 9.83. The van der Waals surface area contributed by atoms with E-state index < -0.39 is 18.2 Å². The van der Waals surface area contributed by atoms with Crippen LogP contribution in [-0.4, -0.2) is 33.5 Å². The van der Waals surface area contributed by atoms with Crippen LogP contribution >= 0.6 is 0 Å². The fourth-order valence-electron chi connectivity index (χ4n) is 3.73. The molecule has 0 bridgehead atoms. The minimum absolute atomic E-state index is 0.0147. The van der Waals surface area contributed by atoms with Gasteiger partial charge in [-0.3, -0.25) is 4.79 Å². The van der Waals surface area contributed by atoms with E-state index in [-0.39, 0.29) is 23.7 Å². The highest BCUT2D eigenvalue weighted by atomic mass is 16.4. The van der Waals surface area contributed by atoms with Crippen LogP contribution in [0.25, 0.3) is 0 Å². The number of carboxylic acids is 1. The molecular weight excluding hydrogens is 328 g/mol. The van der Waals surface area contributed by atoms with Crippen LogP contribution in [0.15, 0.2) is 24.3 Å². The van der Waals surface area contributed by atoms with Crippen molar-refractivity contribution < 1.29 is 20.1 Å². The standard InChI is InChI=1S/C22H38O4/c1-4-5-10-14-22(2,3)15-13-18-17(19(23)16-20(18)24)11-8-6-7-9-12-21(25)26/h6,8,13,15,17-20,23-24H,4-5,7,9-12,14,16H2,1-3H3,(H,25,26)/b8-6-,15-13+/t17-,18-,19+,20-/m1/s1. The van der Waals surface area contributed by atoms with Crippen molar-refractivity contribution in [1.82, 2.24) is 0 Å². The molecule has 0 aromatic rings. The van der Waals surface area contributed by atoms with Gasteiger partial charge in [0, 0.05) is 18.8 Å². The second-order valence-corrected chi connectivity index (χ2v) is 8.41. The van der Waals surface area contributed by atoms with Crippen LogP contribution in [0, 0.1) is 17.3 Å². The van der Waals surface area contributed by atoms with Gasteiger partial charge in [-0.05, 0) is 37.0 Å². The number of hydrogen-bond acceptors (Lipinski definition) is 3. The van der Waals surface area contributed by atoms with Crippen molar-refractivity contribution in [2.24, 2.45) is 17.3 Å². The van der Waals surface area contributed by atoms with Gasteiger partial charge in [0.1, 0.15) is 0 Å². The average Bonchev–Trinajstić information content (AvgIpc) is 2.82. The lowest BCUT2D eigenvalue weighted by Gasteiger charge is -2.24. The third kappa shape index (κ3) is 8.50. The molecule has 1 rings (SSSR count). The van der Waals surface area contributed by atoms with E-state index in [0.717, 1.165) is 19.3 Å². The minimum Gasteiger partial charge on any atom is -0.481 e. The number of rotatable bonds is 12. The summed E-state index contributed by atoms with van der Waals surface area (Å²) in [5.41, 5.74) is 0.111. The van der Waals surface area contributed by atoms with Crippen molar-refractivity contribution >= 4 is 5.97 Å². The summed E-state index contributed by atoms with van der Waals surface area (Å²) in [6, 6.07) is 0. The highest BCUT2D eigenvalue weighted by Crippen LogP contribution is 2.37. The Morgan fingerprint density at radius 1 is 1.12 bits per heavy atom. The third-order valence-electron chi connectivity index (χ3n) is 5.45. The van der Waals surface area contributed by atoms with Gasteiger partial charge in [0.05, 0.1) is 12.2 Å². The SMILES string of the molecule is CCCCCC(C)(C)/C=C/[C@@H]1[C@@H](C/C=C\CCCC(=O)O)[C@@H](O)C[C@H]1O. The Labute approximate surface area is 159 Å². The highest BCUT2D eigenvalue weighted by Gasteiger charge is 2.39. The summed E-state index contributed by atoms with van der Waals surface area (Å²) >= 11 is 0. The van der Waals surface area contributed by atoms with Crippen LogP contribution < -0.4 is 0 Å². The number of carboxylic acid groups (broad SMARTS) is 1. The van der Waals surface area contributed by atoms with E-state index in [9.17, 15) is 15.0 Å². The molecule has 0 amide bonds. The highest BCUT2D eigenvalue weighted by molar-refractivity contribution is 5.66. The first-order valence-corrected chi connectivity index (χ1v) is 10.2. The zero-order chi connectivity index (χ0) is 19.6. The van der Waals surface area contributed by atoms with E-state index in [4.69, 9.17) is 5.11 Å². The van der Waals surface area contributed by atoms with Crippen LogP contribution in [0.4, 0.5) is 0 Å². The molecule has 0 unspecified atom stereocenters. The Bertz CT molecular complexity index is 467. The molecule has 26 heavy (non-hydrogen) atoms. The summed E-state index contributed by atoms with van der Waals surface area (Å²) in [5, 5.41) is 29.3. The molecule has 4 heteroatoms. The molecule has 0 saturated heterocycles. The van der Waals surface area contributed by atoms with E-state index >= 15 is 0 Å². The van der Waals surface area contributed by atoms with Gasteiger partial charge in [0.15, 0.2) is 0 Å². The molecule has 0 aliphatic heterocycles. The molecule has 0 spiro atoms. The number of aliphatic carboxylic acids is 1. The van der Waals surface area contributed by atoms with E-state index in [1.54, 1.807) is 0 Å². The van der Waals surface area contributed by atoms with Crippen LogP contribution in [0.5, 0.6) is 0 Å². The topological polar surface area (TPSA) is 77.8 Å². The van der Waals surface area contributed by atoms with Gasteiger partial charge in [0.25, 0.3) is 0 Å². The Balaban J connectivity index is 2.56. The van der Waals surface area contributed by atoms with Crippen LogP contribution in [0.2, 0.25) is 0 Å². The van der Waals surface area contributed by atoms with Gasteiger partial charge in [-0.2, -0.15) is 0 Å². The van der Waals surface area contributed by atoms with E-state index in [1.165, 1.54) is 19.3 Å². The second kappa shape index (κ2) is 11.6. The molecule has 0 aromatic heterocycles. The van der Waals surface area contributed by atoms with Gasteiger partial charge < -0.3 is 15.3 Å². The Morgan fingerprint density at radius 2 is 1.85 bits per heavy atom. The van der Waals surface area contributed by atoms with Crippen molar-refractivity contribution in [3.8, 4) is 0 Å². The quantitative estimate of drug-likeness (QED) is 0.345. The molecular formula is C22H38O4. The first-order valence-electron chi connectivity index (χ1n) is 10.2. The summed E-state index contributed by atoms with van der Waals surface area (Å²) < 4.78 is 0. The summed E-state index contributed by atoms with van der Waals surface area (Å²) in [6.45, 7) is 6.67. The molecule has 1 aliphatic carbocycles. The number of hydrogen-bond donors (Lipinski definition) is 3. The fourth-order valence-corrected chi connectivity index (χ4v) is 3.73. The Kier molecular flexibility index (Phi) is 10.2. The number of aliphatic hydroxyl groups excluding tert-OH is 2. The predicted octanol–water partition coefficient (Wildman–Crippen LogP) is 4.71. The molecule has 0 aromatic carbocycles. The summed E-state index contributed by atoms with van der Waals surface area (Å²) in [5.74, 6) is -0.748. The van der Waals surface area contributed by atoms with Gasteiger partial charge in [-0.15, -0.1) is 0 Å². The number of unbranched alkanes of at least 4 members (excludes halogenated alkanes) is 3. The number of allylic oxidation sites excluding steroid dienone is 3. The van der Waals surface area contributed by atoms with Gasteiger partial charge in [-0.1, -0.05) is 64.3 Å². The number of carbonyl (C=O) groups is 1. The maximum atomic E-state index is 10.5. The van der Waals surface area contributed by atoms with Gasteiger partial charge in [-0.25, -0.2) is 0 Å². The molecule has 0 radical (unpaired) electrons. The molecule has 0 heterocycles. The average molecular weight is 367 g/mol. The molecule has 1 saturated carbocycles. The van der Waals surface area contributed by atoms with Gasteiger partial charge in [0.2, 0.25) is 0 Å². The zero-order valence-corrected chi connectivity index (χ0v) is 16.7. The first-order chi connectivity index (χ1) is 12.3. The van der Waals surface area contributed by atoms with Crippen molar-refractivity contribution in [2.75, 3.05) is 0 Å². The Morgan fingerprint density at radius 3 is 2.50 bits per heavy atom. The third-order valence-corrected chi connectivity index (χ3v) is 5.45. The summed E-state index contributed by atoms with van der Waals surface area (Å²) in [4.78, 5) is 10.5. The summed E-state index contributed by atoms with van der Waals surface area (Å²) in [6.07, 6.45) is 14.9. The van der Waals surface area contributed by atoms with E-state index in [1.807, 2.05) is 12.2 Å². The molecule has 1 aliphatic rings. The maximum Gasteiger partial charge on any atom is 0.303 e. The zero-order valence-electron chi connectivity index (χ0n) is 16.7. The second-order valence-electron chi connectivity index (χ2n) is 8.41. The molecule has 3 N–H and O–H groups in total. The molecule has 150 valence electrons. The first kappa shape index (κ1) is 22.9. The molecule has 4 atom stereocenters. The normalized spacial score (nSPS) is 27.0. The smallest absolute Gasteiger partial charge is 0.303 e. The van der Waals surface area contributed by atoms with Crippen molar-refractivity contribution in [1.29, 1.82) is 0 Å². The lowest BCUT2D eigenvalue weighted by molar-refractivity contribution is -0.137.